The van der Waals surface area contributed by atoms with Crippen molar-refractivity contribution in [2.45, 2.75) is 103 Å². The first kappa shape index (κ1) is 48.2. The van der Waals surface area contributed by atoms with Crippen LogP contribution in [0.15, 0.2) is 106 Å². The van der Waals surface area contributed by atoms with Crippen molar-refractivity contribution < 1.29 is 77.6 Å². The molecule has 1 heterocycles. The van der Waals surface area contributed by atoms with Gasteiger partial charge in [0.2, 0.25) is 0 Å². The van der Waals surface area contributed by atoms with Crippen LogP contribution in [-0.4, -0.2) is 80.7 Å². The lowest BCUT2D eigenvalue weighted by atomic mass is 9.47. The van der Waals surface area contributed by atoms with Crippen molar-refractivity contribution in [2.24, 2.45) is 28.6 Å². The number of ether oxygens (including phenoxy) is 5. The number of benzene rings is 3. The van der Waals surface area contributed by atoms with E-state index < -0.39 is 116 Å². The average molecular weight is 920 g/mol. The Hall–Kier alpha value is -4.29. The summed E-state index contributed by atoms with van der Waals surface area (Å²) in [7, 11) is -0.0146. The van der Waals surface area contributed by atoms with Gasteiger partial charge < -0.3 is 23.7 Å². The molecule has 4 bridgehead atoms. The predicted molar refractivity (Wildman–Crippen MR) is 209 cm³/mol. The van der Waals surface area contributed by atoms with Gasteiger partial charge in [-0.3, -0.25) is 14.4 Å². The summed E-state index contributed by atoms with van der Waals surface area (Å²) in [4.78, 5) is 41.0. The molecule has 0 amide bonds. The first-order valence-corrected chi connectivity index (χ1v) is 21.5. The summed E-state index contributed by atoms with van der Waals surface area (Å²) >= 11 is 0. The lowest BCUT2D eigenvalue weighted by Gasteiger charge is -2.64. The Kier molecular flexibility index (Phi) is 14.3. The Morgan fingerprint density at radius 1 is 0.619 bits per heavy atom. The fourth-order valence-electron chi connectivity index (χ4n) is 9.00. The monoisotopic (exact) mass is 919 g/mol. The topological polar surface area (TPSA) is 97.4 Å². The Labute approximate surface area is 361 Å². The molecule has 4 saturated carbocycles. The molecule has 1 spiro atoms. The smallest absolute Gasteiger partial charge is 0.453 e. The number of hydrogen-bond donors (Lipinski definition) is 0. The highest BCUT2D eigenvalue weighted by atomic mass is 32.2. The maximum absolute atomic E-state index is 13.4. The molecule has 4 aliphatic carbocycles. The van der Waals surface area contributed by atoms with Gasteiger partial charge in [-0.25, -0.2) is 17.6 Å². The summed E-state index contributed by atoms with van der Waals surface area (Å²) in [6.07, 6.45) is -7.77. The third kappa shape index (κ3) is 11.7. The second kappa shape index (κ2) is 18.7. The molecular formula is C45H48F9O8S+. The molecule has 1 saturated heterocycles. The summed E-state index contributed by atoms with van der Waals surface area (Å²) in [5, 5.41) is 0. The van der Waals surface area contributed by atoms with Crippen LogP contribution in [0.2, 0.25) is 0 Å². The zero-order valence-electron chi connectivity index (χ0n) is 34.5. The Balaban J connectivity index is 0.000000287. The lowest BCUT2D eigenvalue weighted by Crippen LogP contribution is -2.68. The maximum atomic E-state index is 13.4. The SMILES string of the molecule is CC(F)(F)COC(=O)C12CC3CC(C1)C1(OCC(COC(=O)CC(C)(F)F)(COC(=O)CC(F)(F)C(F)(F)F)CO1)C(C3)C2.c1ccc([S+](c2ccccc2)c2ccccc2)cc1. The largest absolute Gasteiger partial charge is 0.465 e. The fourth-order valence-corrected chi connectivity index (χ4v) is 11.1. The van der Waals surface area contributed by atoms with Crippen molar-refractivity contribution in [1.29, 1.82) is 0 Å². The van der Waals surface area contributed by atoms with Crippen LogP contribution < -0.4 is 0 Å². The minimum Gasteiger partial charge on any atom is -0.465 e. The Bertz CT molecular complexity index is 1910. The van der Waals surface area contributed by atoms with Crippen molar-refractivity contribution in [1.82, 2.24) is 0 Å². The van der Waals surface area contributed by atoms with Gasteiger partial charge in [0.1, 0.15) is 26.1 Å². The van der Waals surface area contributed by atoms with Crippen LogP contribution in [0.25, 0.3) is 0 Å². The van der Waals surface area contributed by atoms with Crippen LogP contribution in [0.4, 0.5) is 39.5 Å². The average Bonchev–Trinajstić information content (AvgIpc) is 3.21. The number of rotatable bonds is 14. The molecule has 1 aliphatic heterocycles. The molecular weight excluding hydrogens is 872 g/mol. The molecule has 344 valence electrons. The van der Waals surface area contributed by atoms with E-state index in [0.29, 0.717) is 33.1 Å². The zero-order chi connectivity index (χ0) is 45.9. The molecule has 18 heteroatoms. The van der Waals surface area contributed by atoms with Crippen molar-refractivity contribution >= 4 is 28.8 Å². The fraction of sp³-hybridized carbons (Fsp3) is 0.533. The van der Waals surface area contributed by atoms with Crippen LogP contribution >= 0.6 is 0 Å². The normalized spacial score (nSPS) is 26.8. The Morgan fingerprint density at radius 2 is 1.05 bits per heavy atom. The summed E-state index contributed by atoms with van der Waals surface area (Å²) in [5.41, 5.74) is -2.69. The van der Waals surface area contributed by atoms with E-state index in [4.69, 9.17) is 23.7 Å². The van der Waals surface area contributed by atoms with E-state index in [1.807, 2.05) is 0 Å². The second-order valence-electron chi connectivity index (χ2n) is 17.3. The van der Waals surface area contributed by atoms with Gasteiger partial charge in [0, 0.05) is 18.8 Å². The molecule has 63 heavy (non-hydrogen) atoms. The number of carbonyl (C=O) groups excluding carboxylic acids is 3. The lowest BCUT2D eigenvalue weighted by molar-refractivity contribution is -0.391. The van der Waals surface area contributed by atoms with Crippen molar-refractivity contribution in [3.05, 3.63) is 91.0 Å². The Morgan fingerprint density at radius 3 is 1.44 bits per heavy atom. The molecule has 8 rings (SSSR count). The minimum absolute atomic E-state index is 0.0146. The number of esters is 3. The maximum Gasteiger partial charge on any atom is 0.453 e. The summed E-state index contributed by atoms with van der Waals surface area (Å²) in [5.74, 6) is -18.2. The van der Waals surface area contributed by atoms with E-state index in [-0.39, 0.29) is 29.7 Å². The van der Waals surface area contributed by atoms with Gasteiger partial charge in [0.05, 0.1) is 34.9 Å². The van der Waals surface area contributed by atoms with Gasteiger partial charge in [-0.2, -0.15) is 22.0 Å². The molecule has 0 radical (unpaired) electrons. The summed E-state index contributed by atoms with van der Waals surface area (Å²) < 4.78 is 145. The van der Waals surface area contributed by atoms with E-state index >= 15 is 0 Å². The van der Waals surface area contributed by atoms with E-state index in [2.05, 4.69) is 91.0 Å². The van der Waals surface area contributed by atoms with Gasteiger partial charge in [0.25, 0.3) is 11.8 Å². The van der Waals surface area contributed by atoms with Crippen LogP contribution in [0.5, 0.6) is 0 Å². The molecule has 3 aromatic carbocycles. The molecule has 0 aromatic heterocycles. The molecule has 5 aliphatic rings. The van der Waals surface area contributed by atoms with E-state index in [0.717, 1.165) is 0 Å². The van der Waals surface area contributed by atoms with Gasteiger partial charge in [-0.15, -0.1) is 0 Å². The van der Waals surface area contributed by atoms with Crippen molar-refractivity contribution in [3.8, 4) is 0 Å². The van der Waals surface area contributed by atoms with Crippen LogP contribution in [0.3, 0.4) is 0 Å². The summed E-state index contributed by atoms with van der Waals surface area (Å²) in [6.45, 7) is -2.55. The van der Waals surface area contributed by atoms with Gasteiger partial charge in [-0.05, 0) is 81.3 Å². The zero-order valence-corrected chi connectivity index (χ0v) is 35.3. The standard InChI is InChI=1S/C27H33F9O8.C18H15S/c1-21(28,29)8-18(37)40-11-23(12-41-19(38)9-25(32,33)27(34,35)36)13-43-26(44-14-23)16-3-15-4-17(26)7-24(5-15,6-16)20(39)42-10-22(2,30)31;1-4-10-16(11-5-1)19(17-12-6-2-7-13-17)18-14-8-3-9-15-18/h15-17H,3-14H2,1-2H3;1-15H/q;+1. The molecule has 0 N–H and O–H groups in total. The summed E-state index contributed by atoms with van der Waals surface area (Å²) in [6, 6.07) is 32.2. The van der Waals surface area contributed by atoms with E-state index in [1.54, 1.807) is 0 Å². The first-order chi connectivity index (χ1) is 29.4. The molecule has 5 fully saturated rings. The molecule has 2 atom stereocenters. The van der Waals surface area contributed by atoms with Crippen LogP contribution in [0.1, 0.15) is 58.8 Å². The van der Waals surface area contributed by atoms with Gasteiger partial charge in [-0.1, -0.05) is 54.6 Å². The van der Waals surface area contributed by atoms with Crippen molar-refractivity contribution in [3.63, 3.8) is 0 Å². The first-order valence-electron chi connectivity index (χ1n) is 20.3. The number of halogens is 9. The number of hydrogen-bond acceptors (Lipinski definition) is 8. The highest BCUT2D eigenvalue weighted by Crippen LogP contribution is 2.66. The second-order valence-corrected chi connectivity index (χ2v) is 19.3. The van der Waals surface area contributed by atoms with Crippen molar-refractivity contribution in [2.75, 3.05) is 33.0 Å². The molecule has 8 nitrogen and oxygen atoms in total. The van der Waals surface area contributed by atoms with Gasteiger partial charge >= 0.3 is 30.0 Å². The molecule has 2 unspecified atom stereocenters. The molecule has 3 aromatic rings. The third-order valence-electron chi connectivity index (χ3n) is 11.7. The van der Waals surface area contributed by atoms with Gasteiger partial charge in [0.15, 0.2) is 27.1 Å². The number of carbonyl (C=O) groups is 3. The predicted octanol–water partition coefficient (Wildman–Crippen LogP) is 10.2. The van der Waals surface area contributed by atoms with E-state index in [1.165, 1.54) is 14.7 Å². The highest BCUT2D eigenvalue weighted by molar-refractivity contribution is 7.97. The quantitative estimate of drug-likeness (QED) is 0.0683. The van der Waals surface area contributed by atoms with E-state index in [9.17, 15) is 53.9 Å². The van der Waals surface area contributed by atoms with Crippen LogP contribution in [-0.2, 0) is 49.0 Å². The number of alkyl halides is 9. The minimum atomic E-state index is -6.02. The van der Waals surface area contributed by atoms with Crippen LogP contribution in [0, 0.1) is 28.6 Å². The highest BCUT2D eigenvalue weighted by Gasteiger charge is 2.68. The third-order valence-corrected chi connectivity index (χ3v) is 13.9.